The number of benzene rings is 1. The number of sulfone groups is 1. The van der Waals surface area contributed by atoms with E-state index in [0.29, 0.717) is 5.56 Å². The molecule has 0 aromatic heterocycles. The molecule has 0 atom stereocenters. The Morgan fingerprint density at radius 1 is 1.31 bits per heavy atom. The molecule has 5 nitrogen and oxygen atoms in total. The summed E-state index contributed by atoms with van der Waals surface area (Å²) in [6.45, 7) is 0. The smallest absolute Gasteiger partial charge is 0.307 e. The molecule has 1 N–H and O–H groups in total. The van der Waals surface area contributed by atoms with Crippen LogP contribution in [0.1, 0.15) is 5.56 Å². The maximum absolute atomic E-state index is 11.4. The molecule has 16 heavy (non-hydrogen) atoms. The standard InChI is InChI=1S/C10H9NO4S/c11-5-6-16(14,15)9-3-1-8(2-4-9)7-10(12)13/h1-4H,6-7H2,(H,12,13). The minimum absolute atomic E-state index is 0.0307. The number of hydrogen-bond acceptors (Lipinski definition) is 4. The van der Waals surface area contributed by atoms with E-state index in [-0.39, 0.29) is 11.3 Å². The van der Waals surface area contributed by atoms with E-state index < -0.39 is 21.6 Å². The van der Waals surface area contributed by atoms with Crippen LogP contribution in [0.15, 0.2) is 29.2 Å². The van der Waals surface area contributed by atoms with E-state index in [1.807, 2.05) is 0 Å². The van der Waals surface area contributed by atoms with Crippen LogP contribution in [0.4, 0.5) is 0 Å². The molecule has 0 aliphatic heterocycles. The fourth-order valence-electron chi connectivity index (χ4n) is 1.16. The number of carbonyl (C=O) groups is 1. The van der Waals surface area contributed by atoms with Crippen molar-refractivity contribution in [1.82, 2.24) is 0 Å². The summed E-state index contributed by atoms with van der Waals surface area (Å²) in [6.07, 6.45) is -0.154. The molecule has 1 rings (SSSR count). The Bertz CT molecular complexity index is 525. The fraction of sp³-hybridized carbons (Fsp3) is 0.200. The number of rotatable bonds is 4. The lowest BCUT2D eigenvalue weighted by atomic mass is 10.2. The Hall–Kier alpha value is -1.87. The van der Waals surface area contributed by atoms with E-state index in [4.69, 9.17) is 10.4 Å². The van der Waals surface area contributed by atoms with Gasteiger partial charge in [0, 0.05) is 0 Å². The second-order valence-electron chi connectivity index (χ2n) is 3.13. The number of aliphatic carboxylic acids is 1. The zero-order valence-electron chi connectivity index (χ0n) is 8.25. The molecule has 0 aliphatic rings. The van der Waals surface area contributed by atoms with Gasteiger partial charge in [-0.25, -0.2) is 8.42 Å². The Morgan fingerprint density at radius 2 is 1.88 bits per heavy atom. The molecule has 0 fully saturated rings. The van der Waals surface area contributed by atoms with E-state index in [0.717, 1.165) is 0 Å². The molecular weight excluding hydrogens is 230 g/mol. The van der Waals surface area contributed by atoms with Crippen LogP contribution in [0.2, 0.25) is 0 Å². The summed E-state index contributed by atoms with van der Waals surface area (Å²) in [6, 6.07) is 7.05. The van der Waals surface area contributed by atoms with Crippen LogP contribution in [0.25, 0.3) is 0 Å². The summed E-state index contributed by atoms with van der Waals surface area (Å²) in [7, 11) is -3.56. The Kier molecular flexibility index (Phi) is 3.64. The van der Waals surface area contributed by atoms with E-state index in [2.05, 4.69) is 0 Å². The van der Waals surface area contributed by atoms with Crippen LogP contribution in [-0.2, 0) is 21.1 Å². The molecule has 0 saturated heterocycles. The van der Waals surface area contributed by atoms with Gasteiger partial charge in [-0.1, -0.05) is 12.1 Å². The molecule has 0 saturated carbocycles. The normalized spacial score (nSPS) is 10.7. The zero-order chi connectivity index (χ0) is 12.2. The number of carboxylic acid groups (broad SMARTS) is 1. The lowest BCUT2D eigenvalue weighted by Crippen LogP contribution is -2.05. The molecule has 0 unspecified atom stereocenters. The van der Waals surface area contributed by atoms with Crippen molar-refractivity contribution in [3.05, 3.63) is 29.8 Å². The molecule has 1 aromatic rings. The summed E-state index contributed by atoms with van der Waals surface area (Å²) < 4.78 is 22.9. The van der Waals surface area contributed by atoms with Crippen molar-refractivity contribution in [2.75, 3.05) is 5.75 Å². The van der Waals surface area contributed by atoms with Gasteiger partial charge in [-0.3, -0.25) is 4.79 Å². The predicted molar refractivity (Wildman–Crippen MR) is 55.4 cm³/mol. The van der Waals surface area contributed by atoms with Crippen LogP contribution in [0.3, 0.4) is 0 Å². The molecule has 1 aromatic carbocycles. The lowest BCUT2D eigenvalue weighted by Gasteiger charge is -2.01. The summed E-state index contributed by atoms with van der Waals surface area (Å²) in [4.78, 5) is 10.4. The quantitative estimate of drug-likeness (QED) is 0.830. The third kappa shape index (κ3) is 3.07. The molecule has 6 heteroatoms. The van der Waals surface area contributed by atoms with Gasteiger partial charge >= 0.3 is 5.97 Å². The van der Waals surface area contributed by atoms with Crippen molar-refractivity contribution in [3.63, 3.8) is 0 Å². The number of nitrogens with zero attached hydrogens (tertiary/aromatic N) is 1. The molecule has 0 spiro atoms. The van der Waals surface area contributed by atoms with Gasteiger partial charge in [0.25, 0.3) is 0 Å². The predicted octanol–water partition coefficient (Wildman–Crippen LogP) is 0.611. The SMILES string of the molecule is N#CCS(=O)(=O)c1ccc(CC(=O)O)cc1. The van der Waals surface area contributed by atoms with Crippen LogP contribution in [0, 0.1) is 11.3 Å². The highest BCUT2D eigenvalue weighted by atomic mass is 32.2. The minimum atomic E-state index is -3.56. The first-order valence-electron chi connectivity index (χ1n) is 4.36. The summed E-state index contributed by atoms with van der Waals surface area (Å²) in [5.41, 5.74) is 0.517. The molecule has 0 radical (unpaired) electrons. The largest absolute Gasteiger partial charge is 0.481 e. The van der Waals surface area contributed by atoms with Crippen molar-refractivity contribution < 1.29 is 18.3 Å². The van der Waals surface area contributed by atoms with Gasteiger partial charge in [0.15, 0.2) is 9.84 Å². The van der Waals surface area contributed by atoms with Gasteiger partial charge in [0.1, 0.15) is 5.75 Å². The fourth-order valence-corrected chi connectivity index (χ4v) is 2.04. The third-order valence-corrected chi connectivity index (χ3v) is 3.39. The van der Waals surface area contributed by atoms with Gasteiger partial charge in [0.2, 0.25) is 0 Å². The maximum Gasteiger partial charge on any atom is 0.307 e. The number of hydrogen-bond donors (Lipinski definition) is 1. The van der Waals surface area contributed by atoms with E-state index in [1.165, 1.54) is 24.3 Å². The van der Waals surface area contributed by atoms with Gasteiger partial charge in [-0.15, -0.1) is 0 Å². The van der Waals surface area contributed by atoms with E-state index in [9.17, 15) is 13.2 Å². The Balaban J connectivity index is 2.96. The summed E-state index contributed by atoms with van der Waals surface area (Å²) >= 11 is 0. The third-order valence-electron chi connectivity index (χ3n) is 1.89. The van der Waals surface area contributed by atoms with Gasteiger partial charge in [-0.05, 0) is 17.7 Å². The van der Waals surface area contributed by atoms with E-state index in [1.54, 1.807) is 6.07 Å². The Morgan fingerprint density at radius 3 is 2.31 bits per heavy atom. The highest BCUT2D eigenvalue weighted by Crippen LogP contribution is 2.12. The topological polar surface area (TPSA) is 95.2 Å². The van der Waals surface area contributed by atoms with Crippen LogP contribution in [-0.4, -0.2) is 25.2 Å². The van der Waals surface area contributed by atoms with Crippen molar-refractivity contribution in [2.24, 2.45) is 0 Å². The van der Waals surface area contributed by atoms with Crippen molar-refractivity contribution in [3.8, 4) is 6.07 Å². The molecule has 0 amide bonds. The van der Waals surface area contributed by atoms with Gasteiger partial charge in [0.05, 0.1) is 17.4 Å². The second-order valence-corrected chi connectivity index (χ2v) is 5.12. The monoisotopic (exact) mass is 239 g/mol. The summed E-state index contributed by atoms with van der Waals surface area (Å²) in [5.74, 6) is -1.56. The zero-order valence-corrected chi connectivity index (χ0v) is 9.07. The first kappa shape index (κ1) is 12.2. The first-order chi connectivity index (χ1) is 7.45. The molecule has 0 bridgehead atoms. The van der Waals surface area contributed by atoms with Crippen LogP contribution in [0.5, 0.6) is 0 Å². The second kappa shape index (κ2) is 4.77. The molecule has 84 valence electrons. The first-order valence-corrected chi connectivity index (χ1v) is 6.01. The van der Waals surface area contributed by atoms with Gasteiger partial charge in [-0.2, -0.15) is 5.26 Å². The van der Waals surface area contributed by atoms with Crippen molar-refractivity contribution in [1.29, 1.82) is 5.26 Å². The van der Waals surface area contributed by atoms with Crippen molar-refractivity contribution in [2.45, 2.75) is 11.3 Å². The lowest BCUT2D eigenvalue weighted by molar-refractivity contribution is -0.136. The van der Waals surface area contributed by atoms with E-state index >= 15 is 0 Å². The van der Waals surface area contributed by atoms with Crippen LogP contribution >= 0.6 is 0 Å². The minimum Gasteiger partial charge on any atom is -0.481 e. The highest BCUT2D eigenvalue weighted by Gasteiger charge is 2.13. The number of nitriles is 1. The molecule has 0 aliphatic carbocycles. The Labute approximate surface area is 92.9 Å². The van der Waals surface area contributed by atoms with Crippen molar-refractivity contribution >= 4 is 15.8 Å². The highest BCUT2D eigenvalue weighted by molar-refractivity contribution is 7.91. The molecule has 0 heterocycles. The molecular formula is C10H9NO4S. The van der Waals surface area contributed by atoms with Gasteiger partial charge < -0.3 is 5.11 Å². The average molecular weight is 239 g/mol. The maximum atomic E-state index is 11.4. The number of carboxylic acids is 1. The van der Waals surface area contributed by atoms with Crippen LogP contribution < -0.4 is 0 Å². The average Bonchev–Trinajstić information content (AvgIpc) is 2.17. The summed E-state index contributed by atoms with van der Waals surface area (Å²) in [5, 5.41) is 16.8.